The maximum atomic E-state index is 13.3. The van der Waals surface area contributed by atoms with E-state index in [1.54, 1.807) is 0 Å². The molecule has 2 atom stereocenters. The third-order valence-corrected chi connectivity index (χ3v) is 9.80. The molecule has 0 radical (unpaired) electrons. The van der Waals surface area contributed by atoms with E-state index in [1.165, 1.54) is 16.7 Å². The number of nitrogens with two attached hydrogens (primary N) is 1. The van der Waals surface area contributed by atoms with Crippen molar-refractivity contribution in [2.75, 3.05) is 31.7 Å². The number of anilines is 1. The number of carbonyl (C=O) groups excluding carboxylic acids is 2. The SMILES string of the molecule is CNCCCn1ccc2c1ccc[n+]2CC1=C(C(=O)O)N2C(=O)C(NC(=O)/C(=N\OCC(=O)O)c3nc(N)sc3Br)C2SC1. The predicted molar refractivity (Wildman–Crippen MR) is 165 cm³/mol. The Morgan fingerprint density at radius 2 is 2.11 bits per heavy atom. The van der Waals surface area contributed by atoms with Crippen LogP contribution in [0.5, 0.6) is 0 Å². The number of nitrogen functional groups attached to an aromatic ring is 1. The highest BCUT2D eigenvalue weighted by atomic mass is 79.9. The molecular weight excluding hydrogens is 680 g/mol. The van der Waals surface area contributed by atoms with Crippen molar-refractivity contribution in [1.82, 2.24) is 25.1 Å². The summed E-state index contributed by atoms with van der Waals surface area (Å²) in [6.07, 6.45) is 4.83. The minimum absolute atomic E-state index is 0.00536. The van der Waals surface area contributed by atoms with Crippen LogP contribution in [0.25, 0.3) is 11.0 Å². The van der Waals surface area contributed by atoms with Gasteiger partial charge in [-0.25, -0.2) is 14.6 Å². The van der Waals surface area contributed by atoms with E-state index < -0.39 is 47.5 Å². The average Bonchev–Trinajstić information content (AvgIpc) is 3.55. The molecule has 0 spiro atoms. The number of oxime groups is 1. The summed E-state index contributed by atoms with van der Waals surface area (Å²) < 4.78 is 4.46. The van der Waals surface area contributed by atoms with Crippen LogP contribution in [0.3, 0.4) is 0 Å². The number of nitrogens with zero attached hydrogens (tertiary/aromatic N) is 5. The van der Waals surface area contributed by atoms with Gasteiger partial charge in [-0.2, -0.15) is 4.57 Å². The second kappa shape index (κ2) is 13.3. The Morgan fingerprint density at radius 1 is 1.32 bits per heavy atom. The number of hydrogen-bond donors (Lipinski definition) is 5. The number of halogens is 1. The first kappa shape index (κ1) is 31.4. The molecule has 0 aliphatic carbocycles. The van der Waals surface area contributed by atoms with Gasteiger partial charge in [0.25, 0.3) is 11.8 Å². The van der Waals surface area contributed by atoms with E-state index >= 15 is 0 Å². The van der Waals surface area contributed by atoms with Gasteiger partial charge in [0.2, 0.25) is 12.1 Å². The monoisotopic (exact) mass is 707 g/mol. The van der Waals surface area contributed by atoms with E-state index in [0.29, 0.717) is 15.1 Å². The first-order chi connectivity index (χ1) is 21.1. The summed E-state index contributed by atoms with van der Waals surface area (Å²) >= 11 is 5.59. The van der Waals surface area contributed by atoms with E-state index in [2.05, 4.69) is 41.3 Å². The molecule has 0 saturated carbocycles. The molecule has 6 N–H and O–H groups in total. The molecular formula is C26H28BrN8O7S2+. The second-order valence-electron chi connectivity index (χ2n) is 9.77. The van der Waals surface area contributed by atoms with Crippen LogP contribution < -0.4 is 20.9 Å². The molecule has 18 heteroatoms. The van der Waals surface area contributed by atoms with Crippen LogP contribution in [0, 0.1) is 0 Å². The number of β-lactam (4-membered cyclic amide) rings is 1. The zero-order chi connectivity index (χ0) is 31.5. The molecule has 1 saturated heterocycles. The highest BCUT2D eigenvalue weighted by molar-refractivity contribution is 9.11. The summed E-state index contributed by atoms with van der Waals surface area (Å²) in [5.74, 6) is -3.72. The molecule has 3 aromatic heterocycles. The fraction of sp³-hybridized carbons (Fsp3) is 0.346. The largest absolute Gasteiger partial charge is 0.479 e. The molecule has 2 amide bonds. The van der Waals surface area contributed by atoms with Gasteiger partial charge in [-0.3, -0.25) is 14.5 Å². The fourth-order valence-electron chi connectivity index (χ4n) is 5.00. The Morgan fingerprint density at radius 3 is 2.80 bits per heavy atom. The second-order valence-corrected chi connectivity index (χ2v) is 13.2. The van der Waals surface area contributed by atoms with Gasteiger partial charge < -0.3 is 36.0 Å². The number of rotatable bonds is 13. The molecule has 44 heavy (non-hydrogen) atoms. The van der Waals surface area contributed by atoms with Gasteiger partial charge in [-0.05, 0) is 42.0 Å². The first-order valence-corrected chi connectivity index (χ1v) is 15.9. The van der Waals surface area contributed by atoms with E-state index in [-0.39, 0.29) is 23.1 Å². The van der Waals surface area contributed by atoms with Gasteiger partial charge in [0.05, 0.1) is 0 Å². The molecule has 0 aromatic carbocycles. The summed E-state index contributed by atoms with van der Waals surface area (Å²) in [5.41, 5.74) is 7.75. The number of pyridine rings is 1. The van der Waals surface area contributed by atoms with Crippen molar-refractivity contribution >= 4 is 84.7 Å². The van der Waals surface area contributed by atoms with Crippen molar-refractivity contribution in [3.05, 3.63) is 51.3 Å². The van der Waals surface area contributed by atoms with Crippen LogP contribution in [-0.2, 0) is 37.1 Å². The van der Waals surface area contributed by atoms with Crippen LogP contribution in [0.1, 0.15) is 12.1 Å². The Labute approximate surface area is 266 Å². The van der Waals surface area contributed by atoms with Crippen LogP contribution in [-0.4, -0.2) is 91.5 Å². The van der Waals surface area contributed by atoms with Crippen molar-refractivity contribution in [1.29, 1.82) is 0 Å². The number of aliphatic carboxylic acids is 2. The molecule has 3 aromatic rings. The fourth-order valence-corrected chi connectivity index (χ4v) is 7.67. The Bertz CT molecular complexity index is 1700. The van der Waals surface area contributed by atoms with Gasteiger partial charge in [0, 0.05) is 36.2 Å². The smallest absolute Gasteiger partial charge is 0.352 e. The number of hydrogen-bond acceptors (Lipinski definition) is 11. The van der Waals surface area contributed by atoms with E-state index in [9.17, 15) is 24.3 Å². The maximum absolute atomic E-state index is 13.3. The molecule has 2 unspecified atom stereocenters. The van der Waals surface area contributed by atoms with Crippen LogP contribution >= 0.6 is 39.0 Å². The minimum atomic E-state index is -1.31. The van der Waals surface area contributed by atoms with Gasteiger partial charge in [0.15, 0.2) is 23.6 Å². The number of aromatic nitrogens is 3. The third kappa shape index (κ3) is 6.28. The van der Waals surface area contributed by atoms with Crippen LogP contribution in [0.4, 0.5) is 5.13 Å². The third-order valence-electron chi connectivity index (χ3n) is 6.92. The Hall–Kier alpha value is -4.00. The lowest BCUT2D eigenvalue weighted by Gasteiger charge is -2.49. The standard InChI is InChI=1S/C26H27BrN8O7S2/c1-29-6-3-8-33-9-5-15-14(33)4-2-7-34(15)10-13-12-43-24-19(23(39)35(24)20(13)25(40)41)30-22(38)18(32-42-11-16(36)37)17-21(27)44-26(28)31-17/h2,4-5,7,9,19,24,29H,3,6,8,10-12H2,1H3,(H4-,28,30,31,36,37,38,40,41)/p+1/b32-18-. The number of amides is 2. The number of carbonyl (C=O) groups is 4. The lowest BCUT2D eigenvalue weighted by molar-refractivity contribution is -0.663. The van der Waals surface area contributed by atoms with Crippen LogP contribution in [0.2, 0.25) is 0 Å². The lowest BCUT2D eigenvalue weighted by Crippen LogP contribution is -2.71. The van der Waals surface area contributed by atoms with E-state index in [1.807, 2.05) is 42.2 Å². The zero-order valence-electron chi connectivity index (χ0n) is 23.2. The van der Waals surface area contributed by atoms with Crippen molar-refractivity contribution < 1.29 is 38.8 Å². The molecule has 5 rings (SSSR count). The van der Waals surface area contributed by atoms with Crippen molar-refractivity contribution in [2.24, 2.45) is 5.16 Å². The van der Waals surface area contributed by atoms with E-state index in [4.69, 9.17) is 15.7 Å². The van der Waals surface area contributed by atoms with Gasteiger partial charge in [-0.15, -0.1) is 11.8 Å². The van der Waals surface area contributed by atoms with Crippen molar-refractivity contribution in [3.63, 3.8) is 0 Å². The van der Waals surface area contributed by atoms with E-state index in [0.717, 1.165) is 41.9 Å². The maximum Gasteiger partial charge on any atom is 0.352 e. The molecule has 1 fully saturated rings. The number of thioether (sulfide) groups is 1. The number of nitrogens with one attached hydrogen (secondary N) is 2. The van der Waals surface area contributed by atoms with Crippen LogP contribution in [0.15, 0.2) is 50.8 Å². The Balaban J connectivity index is 1.36. The summed E-state index contributed by atoms with van der Waals surface area (Å²) in [5, 5.41) is 27.8. The quantitative estimate of drug-likeness (QED) is 0.0546. The summed E-state index contributed by atoms with van der Waals surface area (Å²) in [7, 11) is 1.91. The first-order valence-electron chi connectivity index (χ1n) is 13.3. The average molecular weight is 709 g/mol. The number of thiazole rings is 1. The topological polar surface area (TPSA) is 205 Å². The van der Waals surface area contributed by atoms with Gasteiger partial charge >= 0.3 is 11.9 Å². The molecule has 5 heterocycles. The highest BCUT2D eigenvalue weighted by Crippen LogP contribution is 2.40. The summed E-state index contributed by atoms with van der Waals surface area (Å²) in [6, 6.07) is 4.84. The number of aryl methyl sites for hydroxylation is 1. The molecule has 2 aliphatic rings. The number of carboxylic acids is 2. The van der Waals surface area contributed by atoms with Gasteiger partial charge in [0.1, 0.15) is 32.1 Å². The molecule has 232 valence electrons. The molecule has 2 aliphatic heterocycles. The summed E-state index contributed by atoms with van der Waals surface area (Å²) in [4.78, 5) is 59.9. The highest BCUT2D eigenvalue weighted by Gasteiger charge is 2.55. The van der Waals surface area contributed by atoms with Crippen molar-refractivity contribution in [3.8, 4) is 0 Å². The Kier molecular flexibility index (Phi) is 9.52. The molecule has 15 nitrogen and oxygen atoms in total. The van der Waals surface area contributed by atoms with Gasteiger partial charge in [-0.1, -0.05) is 16.5 Å². The summed E-state index contributed by atoms with van der Waals surface area (Å²) in [6.45, 7) is 1.16. The number of fused-ring (bicyclic) bond motifs is 2. The van der Waals surface area contributed by atoms with Crippen molar-refractivity contribution in [2.45, 2.75) is 30.9 Å². The zero-order valence-corrected chi connectivity index (χ0v) is 26.4. The number of carboxylic acid groups (broad SMARTS) is 2. The predicted octanol–water partition coefficient (Wildman–Crippen LogP) is 0.584. The lowest BCUT2D eigenvalue weighted by atomic mass is 10.0. The normalized spacial score (nSPS) is 18.3. The minimum Gasteiger partial charge on any atom is -0.479 e. The molecule has 0 bridgehead atoms.